The Balaban J connectivity index is 1.92. The van der Waals surface area contributed by atoms with Crippen molar-refractivity contribution >= 4 is 27.6 Å². The van der Waals surface area contributed by atoms with Crippen molar-refractivity contribution in [3.63, 3.8) is 0 Å². The molecule has 0 aliphatic heterocycles. The molecule has 0 fully saturated rings. The van der Waals surface area contributed by atoms with Crippen molar-refractivity contribution in [1.29, 1.82) is 0 Å². The fraction of sp³-hybridized carbons (Fsp3) is 0.300. The van der Waals surface area contributed by atoms with E-state index in [1.807, 2.05) is 0 Å². The molecule has 0 bridgehead atoms. The van der Waals surface area contributed by atoms with E-state index < -0.39 is 16.0 Å². The Kier molecular flexibility index (Phi) is 7.31. The van der Waals surface area contributed by atoms with Crippen LogP contribution in [0.3, 0.4) is 0 Å². The molecule has 0 heterocycles. The maximum Gasteiger partial charge on any atom is 0.338 e. The van der Waals surface area contributed by atoms with Gasteiger partial charge in [-0.15, -0.1) is 0 Å². The predicted molar refractivity (Wildman–Crippen MR) is 107 cm³/mol. The first-order valence-electron chi connectivity index (χ1n) is 8.76. The molecule has 0 aromatic heterocycles. The molecule has 0 unspecified atom stereocenters. The van der Waals surface area contributed by atoms with Gasteiger partial charge in [0.05, 0.1) is 17.6 Å². The standard InChI is InChI=1S/C20H24N2O5S/c1-15-17(20(24)27-3)11-7-12-18(15)21-19(23)13-8-14-22(2)28(25,26)16-9-5-4-6-10-16/h4-7,9-12H,8,13-14H2,1-3H3,(H,21,23). The lowest BCUT2D eigenvalue weighted by Crippen LogP contribution is -2.28. The number of ether oxygens (including phenoxy) is 1. The fourth-order valence-electron chi connectivity index (χ4n) is 2.67. The number of methoxy groups -OCH3 is 1. The molecule has 8 heteroatoms. The first-order valence-corrected chi connectivity index (χ1v) is 10.2. The second-order valence-electron chi connectivity index (χ2n) is 6.26. The lowest BCUT2D eigenvalue weighted by molar-refractivity contribution is -0.116. The molecule has 2 rings (SSSR count). The number of carbonyl (C=O) groups excluding carboxylic acids is 2. The summed E-state index contributed by atoms with van der Waals surface area (Å²) in [5, 5.41) is 2.76. The highest BCUT2D eigenvalue weighted by Gasteiger charge is 2.20. The summed E-state index contributed by atoms with van der Waals surface area (Å²) < 4.78 is 30.9. The van der Waals surface area contributed by atoms with Gasteiger partial charge in [0, 0.05) is 25.7 Å². The van der Waals surface area contributed by atoms with Gasteiger partial charge in [0.1, 0.15) is 0 Å². The minimum atomic E-state index is -3.57. The molecule has 1 amide bonds. The number of sulfonamides is 1. The van der Waals surface area contributed by atoms with Crippen LogP contribution in [0.1, 0.15) is 28.8 Å². The second-order valence-corrected chi connectivity index (χ2v) is 8.31. The number of nitrogens with one attached hydrogen (secondary N) is 1. The molecule has 0 saturated carbocycles. The second kappa shape index (κ2) is 9.48. The summed E-state index contributed by atoms with van der Waals surface area (Å²) in [5.41, 5.74) is 1.53. The summed E-state index contributed by atoms with van der Waals surface area (Å²) in [6, 6.07) is 13.1. The van der Waals surface area contributed by atoms with Gasteiger partial charge >= 0.3 is 5.97 Å². The highest BCUT2D eigenvalue weighted by molar-refractivity contribution is 7.89. The molecule has 0 radical (unpaired) electrons. The van der Waals surface area contributed by atoms with Gasteiger partial charge < -0.3 is 10.1 Å². The van der Waals surface area contributed by atoms with Crippen molar-refractivity contribution in [2.45, 2.75) is 24.7 Å². The van der Waals surface area contributed by atoms with Crippen LogP contribution in [0.2, 0.25) is 0 Å². The lowest BCUT2D eigenvalue weighted by Gasteiger charge is -2.17. The maximum atomic E-state index is 12.5. The van der Waals surface area contributed by atoms with E-state index in [1.165, 1.54) is 30.6 Å². The van der Waals surface area contributed by atoms with Crippen molar-refractivity contribution in [2.75, 3.05) is 26.0 Å². The average Bonchev–Trinajstić information content (AvgIpc) is 2.69. The normalized spacial score (nSPS) is 11.3. The van der Waals surface area contributed by atoms with E-state index in [0.717, 1.165) is 0 Å². The van der Waals surface area contributed by atoms with Gasteiger partial charge in [-0.3, -0.25) is 4.79 Å². The number of hydrogen-bond acceptors (Lipinski definition) is 5. The number of esters is 1. The Labute approximate surface area is 165 Å². The van der Waals surface area contributed by atoms with Crippen molar-refractivity contribution in [3.05, 3.63) is 59.7 Å². The molecule has 0 aliphatic carbocycles. The van der Waals surface area contributed by atoms with E-state index in [0.29, 0.717) is 23.2 Å². The molecule has 28 heavy (non-hydrogen) atoms. The first-order chi connectivity index (χ1) is 13.3. The quantitative estimate of drug-likeness (QED) is 0.683. The zero-order valence-corrected chi connectivity index (χ0v) is 17.0. The van der Waals surface area contributed by atoms with Gasteiger partial charge in [0.2, 0.25) is 15.9 Å². The predicted octanol–water partition coefficient (Wildman–Crippen LogP) is 2.82. The smallest absolute Gasteiger partial charge is 0.338 e. The van der Waals surface area contributed by atoms with Crippen molar-refractivity contribution in [1.82, 2.24) is 4.31 Å². The summed E-state index contributed by atoms with van der Waals surface area (Å²) in [5.74, 6) is -0.725. The third-order valence-corrected chi connectivity index (χ3v) is 6.21. The number of anilines is 1. The Bertz CT molecular complexity index is 942. The Morgan fingerprint density at radius 3 is 2.39 bits per heavy atom. The Morgan fingerprint density at radius 1 is 1.07 bits per heavy atom. The van der Waals surface area contributed by atoms with E-state index in [2.05, 4.69) is 5.32 Å². The van der Waals surface area contributed by atoms with E-state index >= 15 is 0 Å². The summed E-state index contributed by atoms with van der Waals surface area (Å²) in [7, 11) is -0.781. The van der Waals surface area contributed by atoms with Crippen molar-refractivity contribution < 1.29 is 22.7 Å². The van der Waals surface area contributed by atoms with Crippen LogP contribution >= 0.6 is 0 Å². The molecule has 0 spiro atoms. The monoisotopic (exact) mass is 404 g/mol. The van der Waals surface area contributed by atoms with Crippen LogP contribution in [0.5, 0.6) is 0 Å². The largest absolute Gasteiger partial charge is 0.465 e. The zero-order valence-electron chi connectivity index (χ0n) is 16.1. The number of amides is 1. The maximum absolute atomic E-state index is 12.5. The topological polar surface area (TPSA) is 92.8 Å². The number of benzene rings is 2. The third kappa shape index (κ3) is 5.17. The third-order valence-electron chi connectivity index (χ3n) is 4.34. The number of rotatable bonds is 8. The Morgan fingerprint density at radius 2 is 1.75 bits per heavy atom. The molecule has 0 atom stereocenters. The first kappa shape index (κ1) is 21.6. The van der Waals surface area contributed by atoms with Crippen LogP contribution in [-0.4, -0.2) is 45.3 Å². The van der Waals surface area contributed by atoms with Gasteiger partial charge in [-0.05, 0) is 43.2 Å². The van der Waals surface area contributed by atoms with Gasteiger partial charge in [-0.25, -0.2) is 17.5 Å². The molecule has 0 saturated heterocycles. The minimum absolute atomic E-state index is 0.149. The fourth-order valence-corrected chi connectivity index (χ4v) is 3.90. The molecular formula is C20H24N2O5S. The van der Waals surface area contributed by atoms with Gasteiger partial charge in [0.25, 0.3) is 0 Å². The van der Waals surface area contributed by atoms with Gasteiger partial charge in [0.15, 0.2) is 0 Å². The average molecular weight is 404 g/mol. The van der Waals surface area contributed by atoms with E-state index in [-0.39, 0.29) is 23.8 Å². The number of carbonyl (C=O) groups is 2. The van der Waals surface area contributed by atoms with E-state index in [4.69, 9.17) is 4.74 Å². The van der Waals surface area contributed by atoms with Gasteiger partial charge in [-0.1, -0.05) is 24.3 Å². The molecule has 2 aromatic rings. The molecular weight excluding hydrogens is 380 g/mol. The van der Waals surface area contributed by atoms with Crippen molar-refractivity contribution in [3.8, 4) is 0 Å². The zero-order chi connectivity index (χ0) is 20.7. The minimum Gasteiger partial charge on any atom is -0.465 e. The summed E-state index contributed by atoms with van der Waals surface area (Å²) in [4.78, 5) is 24.2. The van der Waals surface area contributed by atoms with E-state index in [1.54, 1.807) is 43.3 Å². The highest BCUT2D eigenvalue weighted by Crippen LogP contribution is 2.20. The van der Waals surface area contributed by atoms with Crippen LogP contribution in [-0.2, 0) is 19.6 Å². The highest BCUT2D eigenvalue weighted by atomic mass is 32.2. The molecule has 150 valence electrons. The van der Waals surface area contributed by atoms with Crippen molar-refractivity contribution in [2.24, 2.45) is 0 Å². The molecule has 2 aromatic carbocycles. The number of hydrogen-bond donors (Lipinski definition) is 1. The van der Waals surface area contributed by atoms with Crippen LogP contribution in [0.4, 0.5) is 5.69 Å². The van der Waals surface area contributed by atoms with Crippen LogP contribution in [0, 0.1) is 6.92 Å². The molecule has 7 nitrogen and oxygen atoms in total. The van der Waals surface area contributed by atoms with E-state index in [9.17, 15) is 18.0 Å². The SMILES string of the molecule is COC(=O)c1cccc(NC(=O)CCCN(C)S(=O)(=O)c2ccccc2)c1C. The number of nitrogens with zero attached hydrogens (tertiary/aromatic N) is 1. The van der Waals surface area contributed by atoms with Crippen LogP contribution < -0.4 is 5.32 Å². The molecule has 0 aliphatic rings. The summed E-state index contributed by atoms with van der Waals surface area (Å²) in [6.45, 7) is 1.94. The summed E-state index contributed by atoms with van der Waals surface area (Å²) in [6.07, 6.45) is 0.515. The summed E-state index contributed by atoms with van der Waals surface area (Å²) >= 11 is 0. The van der Waals surface area contributed by atoms with Gasteiger partial charge in [-0.2, -0.15) is 0 Å². The van der Waals surface area contributed by atoms with Crippen LogP contribution in [0.15, 0.2) is 53.4 Å². The Hall–Kier alpha value is -2.71. The lowest BCUT2D eigenvalue weighted by atomic mass is 10.1. The van der Waals surface area contributed by atoms with Crippen LogP contribution in [0.25, 0.3) is 0 Å². The molecule has 1 N–H and O–H groups in total.